The van der Waals surface area contributed by atoms with Gasteiger partial charge in [0.05, 0.1) is 6.61 Å². The SMILES string of the molecule is CCOC(=O)C(N)Cc1cccnc1Br. The molecule has 82 valence electrons. The number of carbonyl (C=O) groups excluding carboxylic acids is 1. The van der Waals surface area contributed by atoms with Gasteiger partial charge in [-0.05, 0) is 34.5 Å². The van der Waals surface area contributed by atoms with Crippen molar-refractivity contribution in [2.24, 2.45) is 5.73 Å². The summed E-state index contributed by atoms with van der Waals surface area (Å²) in [4.78, 5) is 15.3. The van der Waals surface area contributed by atoms with Crippen LogP contribution in [0.1, 0.15) is 12.5 Å². The Morgan fingerprint density at radius 2 is 2.47 bits per heavy atom. The number of pyridine rings is 1. The third kappa shape index (κ3) is 3.60. The summed E-state index contributed by atoms with van der Waals surface area (Å²) in [6, 6.07) is 3.04. The minimum absolute atomic E-state index is 0.348. The minimum Gasteiger partial charge on any atom is -0.465 e. The van der Waals surface area contributed by atoms with Gasteiger partial charge in [0.1, 0.15) is 10.6 Å². The smallest absolute Gasteiger partial charge is 0.323 e. The van der Waals surface area contributed by atoms with E-state index in [1.54, 1.807) is 19.2 Å². The first-order valence-electron chi connectivity index (χ1n) is 4.66. The van der Waals surface area contributed by atoms with Crippen molar-refractivity contribution < 1.29 is 9.53 Å². The lowest BCUT2D eigenvalue weighted by molar-refractivity contribution is -0.144. The quantitative estimate of drug-likeness (QED) is 0.663. The van der Waals surface area contributed by atoms with Gasteiger partial charge >= 0.3 is 5.97 Å². The second-order valence-corrected chi connectivity index (χ2v) is 3.77. The van der Waals surface area contributed by atoms with Crippen molar-refractivity contribution >= 4 is 21.9 Å². The van der Waals surface area contributed by atoms with Gasteiger partial charge in [0.25, 0.3) is 0 Å². The van der Waals surface area contributed by atoms with Gasteiger partial charge in [-0.3, -0.25) is 4.79 Å². The zero-order chi connectivity index (χ0) is 11.3. The largest absolute Gasteiger partial charge is 0.465 e. The topological polar surface area (TPSA) is 65.2 Å². The maximum Gasteiger partial charge on any atom is 0.323 e. The predicted molar refractivity (Wildman–Crippen MR) is 60.2 cm³/mol. The maximum atomic E-state index is 11.3. The zero-order valence-corrected chi connectivity index (χ0v) is 10.0. The Kier molecular flexibility index (Phi) is 4.71. The number of rotatable bonds is 4. The fourth-order valence-corrected chi connectivity index (χ4v) is 1.55. The van der Waals surface area contributed by atoms with E-state index in [1.165, 1.54) is 0 Å². The molecule has 4 nitrogen and oxygen atoms in total. The van der Waals surface area contributed by atoms with E-state index < -0.39 is 6.04 Å². The summed E-state index contributed by atoms with van der Waals surface area (Å²) in [6.07, 6.45) is 2.09. The Hall–Kier alpha value is -0.940. The van der Waals surface area contributed by atoms with Crippen molar-refractivity contribution in [3.63, 3.8) is 0 Å². The number of esters is 1. The molecule has 0 radical (unpaired) electrons. The number of carbonyl (C=O) groups is 1. The minimum atomic E-state index is -0.634. The Labute approximate surface area is 97.0 Å². The van der Waals surface area contributed by atoms with Crippen LogP contribution in [0, 0.1) is 0 Å². The monoisotopic (exact) mass is 272 g/mol. The molecule has 0 aliphatic carbocycles. The van der Waals surface area contributed by atoms with Gasteiger partial charge in [-0.2, -0.15) is 0 Å². The fraction of sp³-hybridized carbons (Fsp3) is 0.400. The van der Waals surface area contributed by atoms with E-state index in [9.17, 15) is 4.79 Å². The zero-order valence-electron chi connectivity index (χ0n) is 8.44. The van der Waals surface area contributed by atoms with Crippen LogP contribution in [0.2, 0.25) is 0 Å². The summed E-state index contributed by atoms with van der Waals surface area (Å²) in [5.74, 6) is -0.381. The molecule has 1 rings (SSSR count). The van der Waals surface area contributed by atoms with Gasteiger partial charge < -0.3 is 10.5 Å². The Morgan fingerprint density at radius 3 is 3.07 bits per heavy atom. The average molecular weight is 273 g/mol. The third-order valence-corrected chi connectivity index (χ3v) is 2.58. The molecular formula is C10H13BrN2O2. The lowest BCUT2D eigenvalue weighted by Gasteiger charge is -2.10. The Morgan fingerprint density at radius 1 is 1.73 bits per heavy atom. The van der Waals surface area contributed by atoms with Crippen LogP contribution in [0.25, 0.3) is 0 Å². The van der Waals surface area contributed by atoms with E-state index in [0.717, 1.165) is 5.56 Å². The van der Waals surface area contributed by atoms with E-state index >= 15 is 0 Å². The molecule has 0 fully saturated rings. The van der Waals surface area contributed by atoms with Crippen molar-refractivity contribution in [2.45, 2.75) is 19.4 Å². The summed E-state index contributed by atoms with van der Waals surface area (Å²) in [5.41, 5.74) is 6.58. The second-order valence-electron chi connectivity index (χ2n) is 3.02. The lowest BCUT2D eigenvalue weighted by Crippen LogP contribution is -2.34. The number of nitrogens with two attached hydrogens (primary N) is 1. The highest BCUT2D eigenvalue weighted by molar-refractivity contribution is 9.10. The number of ether oxygens (including phenoxy) is 1. The van der Waals surface area contributed by atoms with Gasteiger partial charge in [-0.25, -0.2) is 4.98 Å². The van der Waals surface area contributed by atoms with Gasteiger partial charge in [0.15, 0.2) is 0 Å². The molecule has 0 amide bonds. The van der Waals surface area contributed by atoms with Gasteiger partial charge in [0.2, 0.25) is 0 Å². The van der Waals surface area contributed by atoms with Gasteiger partial charge in [0, 0.05) is 12.6 Å². The van der Waals surface area contributed by atoms with E-state index in [0.29, 0.717) is 17.6 Å². The molecule has 1 heterocycles. The lowest BCUT2D eigenvalue weighted by atomic mass is 10.1. The van der Waals surface area contributed by atoms with Gasteiger partial charge in [-0.1, -0.05) is 6.07 Å². The molecule has 1 aromatic heterocycles. The number of aromatic nitrogens is 1. The molecule has 0 saturated heterocycles. The molecule has 1 unspecified atom stereocenters. The van der Waals surface area contributed by atoms with E-state index in [-0.39, 0.29) is 5.97 Å². The standard InChI is InChI=1S/C10H13BrN2O2/c1-2-15-10(14)8(12)6-7-4-3-5-13-9(7)11/h3-5,8H,2,6,12H2,1H3. The number of nitrogens with zero attached hydrogens (tertiary/aromatic N) is 1. The highest BCUT2D eigenvalue weighted by atomic mass is 79.9. The Balaban J connectivity index is 2.62. The van der Waals surface area contributed by atoms with Gasteiger partial charge in [-0.15, -0.1) is 0 Å². The van der Waals surface area contributed by atoms with Crippen molar-refractivity contribution in [1.29, 1.82) is 0 Å². The van der Waals surface area contributed by atoms with Crippen LogP contribution in [0.4, 0.5) is 0 Å². The summed E-state index contributed by atoms with van der Waals surface area (Å²) in [5, 5.41) is 0. The van der Waals surface area contributed by atoms with Crippen molar-refractivity contribution in [3.05, 3.63) is 28.5 Å². The van der Waals surface area contributed by atoms with Crippen LogP contribution >= 0.6 is 15.9 Å². The summed E-state index contributed by atoms with van der Waals surface area (Å²) >= 11 is 3.29. The molecule has 1 aromatic rings. The second kappa shape index (κ2) is 5.82. The number of hydrogen-bond donors (Lipinski definition) is 1. The maximum absolute atomic E-state index is 11.3. The summed E-state index contributed by atoms with van der Waals surface area (Å²) in [6.45, 7) is 2.10. The van der Waals surface area contributed by atoms with Crippen LogP contribution in [0.15, 0.2) is 22.9 Å². The molecule has 2 N–H and O–H groups in total. The first-order chi connectivity index (χ1) is 7.15. The molecule has 0 spiro atoms. The van der Waals surface area contributed by atoms with Crippen LogP contribution in [-0.4, -0.2) is 23.6 Å². The molecule has 0 aliphatic rings. The molecule has 0 saturated carbocycles. The predicted octanol–water partition coefficient (Wildman–Crippen LogP) is 1.28. The summed E-state index contributed by atoms with van der Waals surface area (Å²) < 4.78 is 5.53. The number of hydrogen-bond acceptors (Lipinski definition) is 4. The van der Waals surface area contributed by atoms with Crippen LogP contribution in [-0.2, 0) is 16.0 Å². The van der Waals surface area contributed by atoms with Crippen molar-refractivity contribution in [2.75, 3.05) is 6.61 Å². The fourth-order valence-electron chi connectivity index (χ4n) is 1.14. The third-order valence-electron chi connectivity index (χ3n) is 1.87. The van der Waals surface area contributed by atoms with Crippen LogP contribution < -0.4 is 5.73 Å². The molecular weight excluding hydrogens is 260 g/mol. The van der Waals surface area contributed by atoms with E-state index in [1.807, 2.05) is 6.07 Å². The summed E-state index contributed by atoms with van der Waals surface area (Å²) in [7, 11) is 0. The normalized spacial score (nSPS) is 12.2. The Bertz CT molecular complexity index is 344. The van der Waals surface area contributed by atoms with Crippen LogP contribution in [0.3, 0.4) is 0 Å². The van der Waals surface area contributed by atoms with E-state index in [2.05, 4.69) is 20.9 Å². The molecule has 0 aromatic carbocycles. The highest BCUT2D eigenvalue weighted by Crippen LogP contribution is 2.14. The molecule has 0 bridgehead atoms. The first kappa shape index (κ1) is 12.1. The van der Waals surface area contributed by atoms with Crippen molar-refractivity contribution in [1.82, 2.24) is 4.98 Å². The van der Waals surface area contributed by atoms with Crippen molar-refractivity contribution in [3.8, 4) is 0 Å². The molecule has 5 heteroatoms. The average Bonchev–Trinajstić information content (AvgIpc) is 2.21. The van der Waals surface area contributed by atoms with Crippen LogP contribution in [0.5, 0.6) is 0 Å². The molecule has 0 aliphatic heterocycles. The number of halogens is 1. The first-order valence-corrected chi connectivity index (χ1v) is 5.46. The van der Waals surface area contributed by atoms with E-state index in [4.69, 9.17) is 10.5 Å². The highest BCUT2D eigenvalue weighted by Gasteiger charge is 2.16. The molecule has 15 heavy (non-hydrogen) atoms. The molecule has 1 atom stereocenters.